The number of benzene rings is 1. The summed E-state index contributed by atoms with van der Waals surface area (Å²) in [5.74, 6) is 0.919. The molecule has 1 aromatic heterocycles. The summed E-state index contributed by atoms with van der Waals surface area (Å²) < 4.78 is 5.95. The number of halogens is 2. The zero-order valence-electron chi connectivity index (χ0n) is 15.4. The molecule has 0 saturated heterocycles. The van der Waals surface area contributed by atoms with Crippen molar-refractivity contribution in [3.8, 4) is 17.7 Å². The molecule has 30 heavy (non-hydrogen) atoms. The van der Waals surface area contributed by atoms with Crippen LogP contribution < -0.4 is 20.6 Å². The number of urea groups is 1. The average molecular weight is 445 g/mol. The van der Waals surface area contributed by atoms with Crippen molar-refractivity contribution in [2.45, 2.75) is 31.1 Å². The van der Waals surface area contributed by atoms with Gasteiger partial charge in [0.15, 0.2) is 11.5 Å². The first-order chi connectivity index (χ1) is 14.5. The molecule has 2 aromatic rings. The van der Waals surface area contributed by atoms with Crippen molar-refractivity contribution in [2.24, 2.45) is 5.10 Å². The summed E-state index contributed by atoms with van der Waals surface area (Å²) in [7, 11) is 0. The zero-order chi connectivity index (χ0) is 21.0. The number of hydrogen-bond donors (Lipinski definition) is 2. The Morgan fingerprint density at radius 3 is 2.57 bits per heavy atom. The monoisotopic (exact) mass is 444 g/mol. The van der Waals surface area contributed by atoms with Gasteiger partial charge in [0.25, 0.3) is 5.56 Å². The van der Waals surface area contributed by atoms with Crippen molar-refractivity contribution in [1.82, 2.24) is 15.5 Å². The number of carbonyl (C=O) groups excluding carboxylic acids is 1. The number of amides is 2. The lowest BCUT2D eigenvalue weighted by Crippen LogP contribution is -2.44. The highest BCUT2D eigenvalue weighted by Crippen LogP contribution is 2.54. The molecule has 5 rings (SSSR count). The van der Waals surface area contributed by atoms with Crippen molar-refractivity contribution in [3.05, 3.63) is 43.7 Å². The SMILES string of the molecule is N#CC1=NN(c2cc(Cl)c(Oc3n[nH]c(=O)c4c3C3CCC4C3)c(Cl)c2)C(=O)NC1. The van der Waals surface area contributed by atoms with Crippen molar-refractivity contribution in [3.63, 3.8) is 0 Å². The number of H-pyrrole nitrogens is 1. The van der Waals surface area contributed by atoms with E-state index >= 15 is 0 Å². The summed E-state index contributed by atoms with van der Waals surface area (Å²) >= 11 is 12.8. The molecule has 9 nitrogen and oxygen atoms in total. The molecule has 2 heterocycles. The van der Waals surface area contributed by atoms with Crippen LogP contribution in [0.25, 0.3) is 0 Å². The molecule has 1 saturated carbocycles. The molecule has 0 radical (unpaired) electrons. The molecule has 1 fully saturated rings. The van der Waals surface area contributed by atoms with Gasteiger partial charge in [-0.25, -0.2) is 9.89 Å². The van der Waals surface area contributed by atoms with Crippen LogP contribution in [0.1, 0.15) is 42.2 Å². The smallest absolute Gasteiger partial charge is 0.342 e. The minimum absolute atomic E-state index is 0.0552. The fourth-order valence-electron chi connectivity index (χ4n) is 4.38. The summed E-state index contributed by atoms with van der Waals surface area (Å²) in [4.78, 5) is 24.4. The fourth-order valence-corrected chi connectivity index (χ4v) is 4.93. The normalized spacial score (nSPS) is 21.7. The largest absolute Gasteiger partial charge is 0.434 e. The van der Waals surface area contributed by atoms with E-state index in [0.717, 1.165) is 35.4 Å². The molecule has 2 N–H and O–H groups in total. The van der Waals surface area contributed by atoms with Gasteiger partial charge in [-0.3, -0.25) is 4.79 Å². The molecule has 1 aliphatic heterocycles. The molecule has 152 valence electrons. The molecule has 2 amide bonds. The summed E-state index contributed by atoms with van der Waals surface area (Å²) in [6.07, 6.45) is 2.90. The highest BCUT2D eigenvalue weighted by molar-refractivity contribution is 6.37. The zero-order valence-corrected chi connectivity index (χ0v) is 16.9. The number of anilines is 1. The third-order valence-electron chi connectivity index (χ3n) is 5.65. The van der Waals surface area contributed by atoms with E-state index in [4.69, 9.17) is 33.2 Å². The number of aromatic nitrogens is 2. The van der Waals surface area contributed by atoms with Crippen LogP contribution >= 0.6 is 23.2 Å². The van der Waals surface area contributed by atoms with Gasteiger partial charge in [-0.15, -0.1) is 5.10 Å². The first-order valence-electron chi connectivity index (χ1n) is 9.31. The molecular weight excluding hydrogens is 431 g/mol. The van der Waals surface area contributed by atoms with Crippen molar-refractivity contribution in [2.75, 3.05) is 11.6 Å². The quantitative estimate of drug-likeness (QED) is 0.747. The lowest BCUT2D eigenvalue weighted by Gasteiger charge is -2.23. The molecule has 2 unspecified atom stereocenters. The number of ether oxygens (including phenoxy) is 1. The Morgan fingerprint density at radius 1 is 1.17 bits per heavy atom. The maximum absolute atomic E-state index is 12.2. The lowest BCUT2D eigenvalue weighted by atomic mass is 9.94. The third kappa shape index (κ3) is 2.91. The van der Waals surface area contributed by atoms with E-state index in [1.807, 2.05) is 6.07 Å². The number of rotatable bonds is 3. The molecule has 2 aliphatic carbocycles. The summed E-state index contributed by atoms with van der Waals surface area (Å²) in [5, 5.41) is 23.4. The molecule has 0 spiro atoms. The van der Waals surface area contributed by atoms with Crippen LogP contribution in [-0.4, -0.2) is 28.5 Å². The number of fused-ring (bicyclic) bond motifs is 5. The first-order valence-corrected chi connectivity index (χ1v) is 10.1. The molecule has 2 bridgehead atoms. The molecule has 2 atom stereocenters. The minimum atomic E-state index is -0.508. The first kappa shape index (κ1) is 18.9. The van der Waals surface area contributed by atoms with Crippen LogP contribution in [0, 0.1) is 11.3 Å². The second kappa shape index (κ2) is 7.00. The van der Waals surface area contributed by atoms with Crippen LogP contribution in [-0.2, 0) is 0 Å². The Labute approximate surface area is 180 Å². The summed E-state index contributed by atoms with van der Waals surface area (Å²) in [6, 6.07) is 4.32. The number of hydrogen-bond acceptors (Lipinski definition) is 6. The van der Waals surface area contributed by atoms with E-state index < -0.39 is 6.03 Å². The highest BCUT2D eigenvalue weighted by Gasteiger charge is 2.42. The topological polar surface area (TPSA) is 123 Å². The summed E-state index contributed by atoms with van der Waals surface area (Å²) in [6.45, 7) is 0.0552. The van der Waals surface area contributed by atoms with Gasteiger partial charge in [-0.05, 0) is 43.2 Å². The standard InChI is InChI=1S/C19H14Cl2N6O3/c20-12-4-11(27-19(29)23-7-10(6-22)26-27)5-13(21)16(12)30-18-15-9-2-1-8(3-9)14(15)17(28)24-25-18/h4-5,8-9H,1-3,7H2,(H,23,29)(H,24,28). The molecule has 11 heteroatoms. The van der Waals surface area contributed by atoms with Gasteiger partial charge in [0, 0.05) is 11.1 Å². The van der Waals surface area contributed by atoms with Gasteiger partial charge < -0.3 is 10.1 Å². The van der Waals surface area contributed by atoms with Crippen molar-refractivity contribution in [1.29, 1.82) is 5.26 Å². The minimum Gasteiger partial charge on any atom is -0.434 e. The summed E-state index contributed by atoms with van der Waals surface area (Å²) in [5.41, 5.74) is 1.80. The number of carbonyl (C=O) groups is 1. The van der Waals surface area contributed by atoms with E-state index in [1.54, 1.807) is 0 Å². The van der Waals surface area contributed by atoms with Crippen molar-refractivity contribution >= 4 is 40.6 Å². The van der Waals surface area contributed by atoms with E-state index in [0.29, 0.717) is 0 Å². The van der Waals surface area contributed by atoms with Gasteiger partial charge in [0.2, 0.25) is 5.88 Å². The number of hydrazone groups is 1. The van der Waals surface area contributed by atoms with Gasteiger partial charge >= 0.3 is 6.03 Å². The van der Waals surface area contributed by atoms with Crippen LogP contribution in [0.4, 0.5) is 10.5 Å². The van der Waals surface area contributed by atoms with Gasteiger partial charge in [-0.1, -0.05) is 23.2 Å². The third-order valence-corrected chi connectivity index (χ3v) is 6.21. The number of nitriles is 1. The lowest BCUT2D eigenvalue weighted by molar-refractivity contribution is 0.247. The average Bonchev–Trinajstić information content (AvgIpc) is 3.35. The van der Waals surface area contributed by atoms with Crippen LogP contribution in [0.15, 0.2) is 22.0 Å². The van der Waals surface area contributed by atoms with E-state index in [2.05, 4.69) is 20.6 Å². The molecule has 1 aromatic carbocycles. The number of nitrogens with one attached hydrogen (secondary N) is 2. The number of nitrogens with zero attached hydrogens (tertiary/aromatic N) is 4. The van der Waals surface area contributed by atoms with Gasteiger partial charge in [0.05, 0.1) is 22.3 Å². The van der Waals surface area contributed by atoms with Crippen LogP contribution in [0.2, 0.25) is 10.0 Å². The Hall–Kier alpha value is -3.09. The Kier molecular flexibility index (Phi) is 4.41. The Morgan fingerprint density at radius 2 is 1.87 bits per heavy atom. The van der Waals surface area contributed by atoms with Gasteiger partial charge in [0.1, 0.15) is 6.07 Å². The fraction of sp³-hybridized carbons (Fsp3) is 0.316. The van der Waals surface area contributed by atoms with E-state index in [1.165, 1.54) is 12.1 Å². The van der Waals surface area contributed by atoms with Crippen molar-refractivity contribution < 1.29 is 9.53 Å². The predicted octanol–water partition coefficient (Wildman–Crippen LogP) is 3.64. The molecule has 3 aliphatic rings. The van der Waals surface area contributed by atoms with E-state index in [-0.39, 0.29) is 57.0 Å². The number of aromatic amines is 1. The maximum atomic E-state index is 12.2. The van der Waals surface area contributed by atoms with Gasteiger partial charge in [-0.2, -0.15) is 15.4 Å². The predicted molar refractivity (Wildman–Crippen MR) is 110 cm³/mol. The second-order valence-corrected chi connectivity index (χ2v) is 8.18. The second-order valence-electron chi connectivity index (χ2n) is 7.36. The van der Waals surface area contributed by atoms with Crippen LogP contribution in [0.5, 0.6) is 11.6 Å². The maximum Gasteiger partial charge on any atom is 0.342 e. The van der Waals surface area contributed by atoms with E-state index in [9.17, 15) is 9.59 Å². The Balaban J connectivity index is 1.52. The highest BCUT2D eigenvalue weighted by atomic mass is 35.5. The van der Waals surface area contributed by atoms with Crippen LogP contribution in [0.3, 0.4) is 0 Å². The molecular formula is C19H14Cl2N6O3. The Bertz CT molecular complexity index is 1190.